The SMILES string of the molecule is NC(=O)c1cncc(OC(=O)N2CCC3(CCN(Cc4cc(Cl)ccc4C(F)(F)F)C3)CC2)c1. The monoisotopic (exact) mass is 496 g/mol. The molecule has 0 unspecified atom stereocenters. The van der Waals surface area contributed by atoms with Crippen LogP contribution < -0.4 is 10.5 Å². The van der Waals surface area contributed by atoms with E-state index in [1.54, 1.807) is 4.90 Å². The van der Waals surface area contributed by atoms with Crippen molar-refractivity contribution in [2.75, 3.05) is 26.2 Å². The lowest BCUT2D eigenvalue weighted by atomic mass is 9.78. The number of nitrogens with zero attached hydrogens (tertiary/aromatic N) is 3. The van der Waals surface area contributed by atoms with Crippen LogP contribution >= 0.6 is 11.6 Å². The Morgan fingerprint density at radius 3 is 2.50 bits per heavy atom. The smallest absolute Gasteiger partial charge is 0.409 e. The second kappa shape index (κ2) is 9.42. The summed E-state index contributed by atoms with van der Waals surface area (Å²) in [6.45, 7) is 2.46. The van der Waals surface area contributed by atoms with Gasteiger partial charge < -0.3 is 15.4 Å². The minimum Gasteiger partial charge on any atom is -0.409 e. The van der Waals surface area contributed by atoms with Gasteiger partial charge in [-0.2, -0.15) is 13.2 Å². The Kier molecular flexibility index (Phi) is 6.73. The second-order valence-electron chi connectivity index (χ2n) is 8.89. The average molecular weight is 497 g/mol. The van der Waals surface area contributed by atoms with Crippen LogP contribution in [0.1, 0.15) is 40.7 Å². The number of ether oxygens (including phenoxy) is 1. The van der Waals surface area contributed by atoms with Crippen LogP contribution in [0.2, 0.25) is 5.02 Å². The first kappa shape index (κ1) is 24.3. The van der Waals surface area contributed by atoms with E-state index in [9.17, 15) is 22.8 Å². The quantitative estimate of drug-likeness (QED) is 0.680. The number of piperidine rings is 1. The highest BCUT2D eigenvalue weighted by Crippen LogP contribution is 2.42. The molecular weight excluding hydrogens is 473 g/mol. The molecule has 0 radical (unpaired) electrons. The fourth-order valence-electron chi connectivity index (χ4n) is 4.72. The number of benzene rings is 1. The largest absolute Gasteiger partial charge is 0.416 e. The van der Waals surface area contributed by atoms with E-state index in [2.05, 4.69) is 4.98 Å². The van der Waals surface area contributed by atoms with E-state index in [0.717, 1.165) is 25.3 Å². The molecule has 3 heterocycles. The van der Waals surface area contributed by atoms with Gasteiger partial charge in [0.05, 0.1) is 17.3 Å². The predicted molar refractivity (Wildman–Crippen MR) is 118 cm³/mol. The third-order valence-electron chi connectivity index (χ3n) is 6.57. The number of halogens is 4. The van der Waals surface area contributed by atoms with Crippen molar-refractivity contribution < 1.29 is 27.5 Å². The zero-order chi connectivity index (χ0) is 24.5. The van der Waals surface area contributed by atoms with Gasteiger partial charge in [-0.25, -0.2) is 4.79 Å². The van der Waals surface area contributed by atoms with Crippen LogP contribution in [0.25, 0.3) is 0 Å². The third-order valence-corrected chi connectivity index (χ3v) is 6.80. The molecule has 11 heteroatoms. The van der Waals surface area contributed by atoms with Crippen molar-refractivity contribution in [1.82, 2.24) is 14.8 Å². The Morgan fingerprint density at radius 1 is 1.12 bits per heavy atom. The first-order valence-electron chi connectivity index (χ1n) is 10.8. The van der Waals surface area contributed by atoms with E-state index in [-0.39, 0.29) is 33.9 Å². The van der Waals surface area contributed by atoms with E-state index in [1.165, 1.54) is 30.6 Å². The lowest BCUT2D eigenvalue weighted by molar-refractivity contribution is -0.138. The Bertz CT molecular complexity index is 1090. The summed E-state index contributed by atoms with van der Waals surface area (Å²) in [7, 11) is 0. The van der Waals surface area contributed by atoms with E-state index in [1.807, 2.05) is 4.90 Å². The van der Waals surface area contributed by atoms with Crippen LogP contribution in [0, 0.1) is 5.41 Å². The summed E-state index contributed by atoms with van der Waals surface area (Å²) in [5.74, 6) is -0.535. The highest BCUT2D eigenvalue weighted by molar-refractivity contribution is 6.30. The van der Waals surface area contributed by atoms with Crippen LogP contribution in [0.3, 0.4) is 0 Å². The van der Waals surface area contributed by atoms with Crippen LogP contribution in [0.5, 0.6) is 5.75 Å². The fraction of sp³-hybridized carbons (Fsp3) is 0.435. The molecule has 2 N–H and O–H groups in total. The Morgan fingerprint density at radius 2 is 1.82 bits per heavy atom. The van der Waals surface area contributed by atoms with Crippen molar-refractivity contribution in [2.24, 2.45) is 11.1 Å². The number of rotatable bonds is 4. The van der Waals surface area contributed by atoms with Crippen molar-refractivity contribution in [2.45, 2.75) is 32.0 Å². The minimum absolute atomic E-state index is 0.0544. The van der Waals surface area contributed by atoms with Gasteiger partial charge in [-0.3, -0.25) is 14.7 Å². The van der Waals surface area contributed by atoms with E-state index < -0.39 is 23.7 Å². The van der Waals surface area contributed by atoms with Gasteiger partial charge in [0.2, 0.25) is 5.91 Å². The van der Waals surface area contributed by atoms with Gasteiger partial charge >= 0.3 is 12.3 Å². The molecular formula is C23H24ClF3N4O3. The molecule has 2 aromatic rings. The number of hydrogen-bond donors (Lipinski definition) is 1. The van der Waals surface area contributed by atoms with Gasteiger partial charge in [0.15, 0.2) is 5.75 Å². The van der Waals surface area contributed by atoms with Crippen LogP contribution in [-0.2, 0) is 12.7 Å². The molecule has 2 fully saturated rings. The van der Waals surface area contributed by atoms with E-state index in [4.69, 9.17) is 22.1 Å². The highest BCUT2D eigenvalue weighted by Gasteiger charge is 2.42. The third kappa shape index (κ3) is 5.44. The number of pyridine rings is 1. The molecule has 2 saturated heterocycles. The van der Waals surface area contributed by atoms with Gasteiger partial charge in [0.25, 0.3) is 0 Å². The second-order valence-corrected chi connectivity index (χ2v) is 9.32. The molecule has 2 aliphatic rings. The average Bonchev–Trinajstić information content (AvgIpc) is 3.15. The van der Waals surface area contributed by atoms with Crippen LogP contribution in [0.15, 0.2) is 36.7 Å². The Hall–Kier alpha value is -2.85. The van der Waals surface area contributed by atoms with Gasteiger partial charge in [-0.15, -0.1) is 0 Å². The first-order chi connectivity index (χ1) is 16.0. The standard InChI is InChI=1S/C23H24ClF3N4O3/c24-17-1-2-19(23(25,26)27)16(9-17)13-30-6-3-22(14-30)4-7-31(8-5-22)21(33)34-18-10-15(20(28)32)11-29-12-18/h1-2,9-12H,3-8,13-14H2,(H2,28,32). The molecule has 4 rings (SSSR count). The number of nitrogens with two attached hydrogens (primary N) is 1. The van der Waals surface area contributed by atoms with Crippen LogP contribution in [-0.4, -0.2) is 53.0 Å². The number of primary amides is 1. The minimum atomic E-state index is -4.44. The molecule has 1 aromatic carbocycles. The number of aromatic nitrogens is 1. The van der Waals surface area contributed by atoms with E-state index >= 15 is 0 Å². The van der Waals surface area contributed by atoms with E-state index in [0.29, 0.717) is 26.2 Å². The zero-order valence-corrected chi connectivity index (χ0v) is 19.0. The molecule has 7 nitrogen and oxygen atoms in total. The molecule has 0 atom stereocenters. The summed E-state index contributed by atoms with van der Waals surface area (Å²) < 4.78 is 45.5. The molecule has 0 aliphatic carbocycles. The summed E-state index contributed by atoms with van der Waals surface area (Å²) >= 11 is 5.96. The summed E-state index contributed by atoms with van der Waals surface area (Å²) in [5, 5.41) is 0.278. The van der Waals surface area contributed by atoms with Crippen molar-refractivity contribution in [1.29, 1.82) is 0 Å². The fourth-order valence-corrected chi connectivity index (χ4v) is 4.91. The maximum Gasteiger partial charge on any atom is 0.416 e. The Balaban J connectivity index is 1.34. The maximum atomic E-state index is 13.4. The van der Waals surface area contributed by atoms with Gasteiger partial charge in [-0.05, 0) is 61.1 Å². The number of alkyl halides is 3. The van der Waals surface area contributed by atoms with Gasteiger partial charge in [0, 0.05) is 37.4 Å². The molecule has 34 heavy (non-hydrogen) atoms. The normalized spacial score (nSPS) is 18.3. The topological polar surface area (TPSA) is 88.8 Å². The number of hydrogen-bond acceptors (Lipinski definition) is 5. The molecule has 2 aliphatic heterocycles. The van der Waals surface area contributed by atoms with Crippen molar-refractivity contribution >= 4 is 23.6 Å². The van der Waals surface area contributed by atoms with Crippen LogP contribution in [0.4, 0.5) is 18.0 Å². The first-order valence-corrected chi connectivity index (χ1v) is 11.2. The van der Waals surface area contributed by atoms with Gasteiger partial charge in [0.1, 0.15) is 0 Å². The Labute approximate surface area is 199 Å². The lowest BCUT2D eigenvalue weighted by Crippen LogP contribution is -2.45. The number of likely N-dealkylation sites (tertiary alicyclic amines) is 2. The molecule has 0 bridgehead atoms. The molecule has 1 spiro atoms. The summed E-state index contributed by atoms with van der Waals surface area (Å²) in [4.78, 5) is 31.3. The predicted octanol–water partition coefficient (Wildman–Crippen LogP) is 4.34. The summed E-state index contributed by atoms with van der Waals surface area (Å²) in [5.41, 5.74) is 4.82. The maximum absolute atomic E-state index is 13.4. The number of amides is 2. The molecule has 1 aromatic heterocycles. The van der Waals surface area contributed by atoms with Crippen molar-refractivity contribution in [3.63, 3.8) is 0 Å². The number of carbonyl (C=O) groups excluding carboxylic acids is 2. The number of carbonyl (C=O) groups is 2. The highest BCUT2D eigenvalue weighted by atomic mass is 35.5. The summed E-state index contributed by atoms with van der Waals surface area (Å²) in [6.07, 6.45) is -0.0633. The molecule has 182 valence electrons. The molecule has 2 amide bonds. The van der Waals surface area contributed by atoms with Crippen molar-refractivity contribution in [3.05, 3.63) is 58.4 Å². The lowest BCUT2D eigenvalue weighted by Gasteiger charge is -2.38. The van der Waals surface area contributed by atoms with Gasteiger partial charge in [-0.1, -0.05) is 11.6 Å². The zero-order valence-electron chi connectivity index (χ0n) is 18.3. The molecule has 0 saturated carbocycles. The summed E-state index contributed by atoms with van der Waals surface area (Å²) in [6, 6.07) is 5.03. The van der Waals surface area contributed by atoms with Crippen molar-refractivity contribution in [3.8, 4) is 5.75 Å².